The second-order valence-corrected chi connectivity index (χ2v) is 5.21. The zero-order valence-corrected chi connectivity index (χ0v) is 11.9. The first-order chi connectivity index (χ1) is 9.54. The fourth-order valence-electron chi connectivity index (χ4n) is 2.50. The molecular weight excluding hydrogens is 259 g/mol. The molecule has 0 saturated carbocycles. The van der Waals surface area contributed by atoms with E-state index in [1.807, 2.05) is 6.92 Å². The van der Waals surface area contributed by atoms with Gasteiger partial charge in [0.2, 0.25) is 0 Å². The van der Waals surface area contributed by atoms with Crippen LogP contribution in [-0.2, 0) is 9.53 Å². The molecule has 1 aromatic carbocycles. The molecule has 2 rings (SSSR count). The van der Waals surface area contributed by atoms with Crippen molar-refractivity contribution in [3.05, 3.63) is 35.6 Å². The van der Waals surface area contributed by atoms with Crippen LogP contribution in [0, 0.1) is 5.82 Å². The third-order valence-corrected chi connectivity index (χ3v) is 3.93. The van der Waals surface area contributed by atoms with Crippen LogP contribution in [0.5, 0.6) is 0 Å². The van der Waals surface area contributed by atoms with Crippen molar-refractivity contribution in [3.63, 3.8) is 0 Å². The van der Waals surface area contributed by atoms with Crippen LogP contribution in [0.3, 0.4) is 0 Å². The topological polar surface area (TPSA) is 55.6 Å². The summed E-state index contributed by atoms with van der Waals surface area (Å²) in [5, 5.41) is 0. The lowest BCUT2D eigenvalue weighted by Crippen LogP contribution is -2.38. The van der Waals surface area contributed by atoms with Crippen LogP contribution in [0.15, 0.2) is 24.3 Å². The van der Waals surface area contributed by atoms with Gasteiger partial charge in [-0.25, -0.2) is 4.39 Å². The highest BCUT2D eigenvalue weighted by atomic mass is 19.1. The maximum atomic E-state index is 13.8. The molecule has 20 heavy (non-hydrogen) atoms. The Morgan fingerprint density at radius 1 is 1.50 bits per heavy atom. The number of hydrogen-bond acceptors (Lipinski definition) is 3. The van der Waals surface area contributed by atoms with Gasteiger partial charge in [-0.15, -0.1) is 0 Å². The minimum atomic E-state index is -0.456. The molecule has 1 aromatic rings. The van der Waals surface area contributed by atoms with E-state index in [0.717, 1.165) is 6.42 Å². The van der Waals surface area contributed by atoms with Crippen LogP contribution < -0.4 is 5.73 Å². The summed E-state index contributed by atoms with van der Waals surface area (Å²) in [6.45, 7) is 2.24. The molecule has 0 radical (unpaired) electrons. The number of carbonyl (C=O) groups is 1. The van der Waals surface area contributed by atoms with Crippen LogP contribution in [0.4, 0.5) is 4.39 Å². The summed E-state index contributed by atoms with van der Waals surface area (Å²) in [5.41, 5.74) is 6.05. The summed E-state index contributed by atoms with van der Waals surface area (Å²) in [5.74, 6) is -0.413. The van der Waals surface area contributed by atoms with E-state index in [1.165, 1.54) is 6.07 Å². The molecule has 0 spiro atoms. The van der Waals surface area contributed by atoms with E-state index in [9.17, 15) is 9.18 Å². The third-order valence-electron chi connectivity index (χ3n) is 3.93. The molecular formula is C15H21FN2O2. The van der Waals surface area contributed by atoms with E-state index in [-0.39, 0.29) is 23.9 Å². The van der Waals surface area contributed by atoms with Gasteiger partial charge in [0.25, 0.3) is 5.91 Å². The van der Waals surface area contributed by atoms with E-state index in [4.69, 9.17) is 10.5 Å². The average molecular weight is 280 g/mol. The predicted octanol–water partition coefficient (Wildman–Crippen LogP) is 1.85. The lowest BCUT2D eigenvalue weighted by atomic mass is 10.1. The summed E-state index contributed by atoms with van der Waals surface area (Å²) in [6, 6.07) is 6.18. The van der Waals surface area contributed by atoms with Crippen LogP contribution >= 0.6 is 0 Å². The summed E-state index contributed by atoms with van der Waals surface area (Å²) in [4.78, 5) is 13.9. The van der Waals surface area contributed by atoms with Crippen molar-refractivity contribution in [3.8, 4) is 0 Å². The van der Waals surface area contributed by atoms with Crippen LogP contribution in [0.1, 0.15) is 31.4 Å². The quantitative estimate of drug-likeness (QED) is 0.915. The number of ether oxygens (including phenoxy) is 1. The maximum absolute atomic E-state index is 13.8. The SMILES string of the molecule is CC(c1ccccc1F)N(C)C(=O)[C@@H]1CC[C@H](CN)O1. The first-order valence-corrected chi connectivity index (χ1v) is 6.91. The molecule has 1 aliphatic rings. The van der Waals surface area contributed by atoms with Gasteiger partial charge in [0.15, 0.2) is 0 Å². The molecule has 1 fully saturated rings. The summed E-state index contributed by atoms with van der Waals surface area (Å²) in [6.07, 6.45) is 0.980. The van der Waals surface area contributed by atoms with Gasteiger partial charge in [-0.05, 0) is 25.8 Å². The van der Waals surface area contributed by atoms with Crippen LogP contribution in [0.2, 0.25) is 0 Å². The van der Waals surface area contributed by atoms with Crippen molar-refractivity contribution in [1.82, 2.24) is 4.90 Å². The fraction of sp³-hybridized carbons (Fsp3) is 0.533. The van der Waals surface area contributed by atoms with Gasteiger partial charge < -0.3 is 15.4 Å². The highest BCUT2D eigenvalue weighted by Gasteiger charge is 2.33. The van der Waals surface area contributed by atoms with Crippen molar-refractivity contribution in [1.29, 1.82) is 0 Å². The second kappa shape index (κ2) is 6.33. The van der Waals surface area contributed by atoms with Gasteiger partial charge in [-0.3, -0.25) is 4.79 Å². The largest absolute Gasteiger partial charge is 0.364 e. The number of likely N-dealkylation sites (N-methyl/N-ethyl adjacent to an activating group) is 1. The predicted molar refractivity (Wildman–Crippen MR) is 74.5 cm³/mol. The third kappa shape index (κ3) is 2.99. The van der Waals surface area contributed by atoms with Crippen molar-refractivity contribution in [2.75, 3.05) is 13.6 Å². The first-order valence-electron chi connectivity index (χ1n) is 6.91. The summed E-state index contributed by atoms with van der Waals surface area (Å²) < 4.78 is 19.4. The Hall–Kier alpha value is -1.46. The standard InChI is InChI=1S/C15H21FN2O2/c1-10(12-5-3-4-6-13(12)16)18(2)15(19)14-8-7-11(9-17)20-14/h3-6,10-11,14H,7-9,17H2,1-2H3/t10?,11-,14+/m1/s1. The van der Waals surface area contributed by atoms with E-state index in [1.54, 1.807) is 30.1 Å². The monoisotopic (exact) mass is 280 g/mol. The Labute approximate surface area is 118 Å². The Bertz CT molecular complexity index is 481. The summed E-state index contributed by atoms with van der Waals surface area (Å²) in [7, 11) is 1.68. The smallest absolute Gasteiger partial charge is 0.251 e. The molecule has 3 atom stereocenters. The van der Waals surface area contributed by atoms with Gasteiger partial charge in [0.1, 0.15) is 11.9 Å². The normalized spacial score (nSPS) is 23.6. The van der Waals surface area contributed by atoms with Crippen molar-refractivity contribution in [2.45, 2.75) is 38.0 Å². The number of amides is 1. The second-order valence-electron chi connectivity index (χ2n) is 5.21. The highest BCUT2D eigenvalue weighted by molar-refractivity contribution is 5.81. The molecule has 5 heteroatoms. The number of nitrogens with zero attached hydrogens (tertiary/aromatic N) is 1. The van der Waals surface area contributed by atoms with Crippen LogP contribution in [-0.4, -0.2) is 36.6 Å². The number of rotatable bonds is 4. The number of nitrogens with two attached hydrogens (primary N) is 1. The number of carbonyl (C=O) groups excluding carboxylic acids is 1. The van der Waals surface area contributed by atoms with Crippen LogP contribution in [0.25, 0.3) is 0 Å². The molecule has 110 valence electrons. The van der Waals surface area contributed by atoms with Gasteiger partial charge in [0, 0.05) is 19.2 Å². The van der Waals surface area contributed by atoms with Crippen molar-refractivity contribution >= 4 is 5.91 Å². The Kier molecular flexibility index (Phi) is 4.73. The van der Waals surface area contributed by atoms with Crippen molar-refractivity contribution < 1.29 is 13.9 Å². The summed E-state index contributed by atoms with van der Waals surface area (Å²) >= 11 is 0. The highest BCUT2D eigenvalue weighted by Crippen LogP contribution is 2.26. The molecule has 1 heterocycles. The van der Waals surface area contributed by atoms with Gasteiger partial charge in [0.05, 0.1) is 12.1 Å². The van der Waals surface area contributed by atoms with Gasteiger partial charge >= 0.3 is 0 Å². The van der Waals surface area contributed by atoms with Crippen molar-refractivity contribution in [2.24, 2.45) is 5.73 Å². The minimum Gasteiger partial charge on any atom is -0.364 e. The van der Waals surface area contributed by atoms with E-state index in [2.05, 4.69) is 0 Å². The molecule has 2 N–H and O–H groups in total. The Morgan fingerprint density at radius 2 is 2.20 bits per heavy atom. The lowest BCUT2D eigenvalue weighted by molar-refractivity contribution is -0.143. The maximum Gasteiger partial charge on any atom is 0.251 e. The average Bonchev–Trinajstić information content (AvgIpc) is 2.94. The van der Waals surface area contributed by atoms with Gasteiger partial charge in [-0.1, -0.05) is 18.2 Å². The minimum absolute atomic E-state index is 0.0406. The number of hydrogen-bond donors (Lipinski definition) is 1. The molecule has 1 aliphatic heterocycles. The van der Waals surface area contributed by atoms with E-state index < -0.39 is 6.10 Å². The molecule has 1 unspecified atom stereocenters. The van der Waals surface area contributed by atoms with Gasteiger partial charge in [-0.2, -0.15) is 0 Å². The molecule has 0 aliphatic carbocycles. The van der Waals surface area contributed by atoms with E-state index >= 15 is 0 Å². The molecule has 1 saturated heterocycles. The zero-order valence-electron chi connectivity index (χ0n) is 11.9. The zero-order chi connectivity index (χ0) is 14.7. The molecule has 1 amide bonds. The fourth-order valence-corrected chi connectivity index (χ4v) is 2.50. The Morgan fingerprint density at radius 3 is 2.80 bits per heavy atom. The number of benzene rings is 1. The first kappa shape index (κ1) is 14.9. The lowest BCUT2D eigenvalue weighted by Gasteiger charge is -2.28. The molecule has 0 bridgehead atoms. The molecule has 0 aromatic heterocycles. The molecule has 4 nitrogen and oxygen atoms in total. The van der Waals surface area contributed by atoms with E-state index in [0.29, 0.717) is 18.5 Å². The number of halogens is 1. The Balaban J connectivity index is 2.05.